The molecule has 184 valence electrons. The average molecular weight is 470 g/mol. The first-order chi connectivity index (χ1) is 14.7. The Morgan fingerprint density at radius 2 is 1.42 bits per heavy atom. The van der Waals surface area contributed by atoms with E-state index in [1.807, 2.05) is 6.92 Å². The average Bonchev–Trinajstić information content (AvgIpc) is 2.74. The molecule has 0 heterocycles. The number of rotatable bonds is 20. The Morgan fingerprint density at radius 3 is 2.06 bits per heavy atom. The van der Waals surface area contributed by atoms with Crippen molar-refractivity contribution in [2.24, 2.45) is 0 Å². The van der Waals surface area contributed by atoms with Gasteiger partial charge in [-0.15, -0.1) is 0 Å². The van der Waals surface area contributed by atoms with E-state index >= 15 is 0 Å². The number of hydrogen-bond acceptors (Lipinski definition) is 9. The number of phosphoric ester groups is 1. The summed E-state index contributed by atoms with van der Waals surface area (Å²) in [7, 11) is -4.56. The predicted molar refractivity (Wildman–Crippen MR) is 113 cm³/mol. The highest BCUT2D eigenvalue weighted by Crippen LogP contribution is 2.43. The first-order valence-corrected chi connectivity index (χ1v) is 12.5. The van der Waals surface area contributed by atoms with E-state index in [0.29, 0.717) is 12.8 Å². The van der Waals surface area contributed by atoms with Gasteiger partial charge in [0.2, 0.25) is 0 Å². The Labute approximate surface area is 184 Å². The summed E-state index contributed by atoms with van der Waals surface area (Å²) >= 11 is 0. The van der Waals surface area contributed by atoms with Crippen LogP contribution in [0.1, 0.15) is 78.1 Å². The van der Waals surface area contributed by atoms with Crippen LogP contribution >= 0.6 is 7.82 Å². The molecule has 0 amide bonds. The van der Waals surface area contributed by atoms with Crippen LogP contribution in [0.3, 0.4) is 0 Å². The minimum absolute atomic E-state index is 0.183. The highest BCUT2D eigenvalue weighted by molar-refractivity contribution is 7.47. The van der Waals surface area contributed by atoms with Crippen molar-refractivity contribution >= 4 is 19.8 Å². The Bertz CT molecular complexity index is 528. The topological polar surface area (TPSA) is 149 Å². The Hall–Kier alpha value is -1.03. The van der Waals surface area contributed by atoms with Crippen LogP contribution in [0.15, 0.2) is 0 Å². The fraction of sp³-hybridized carbons (Fsp3) is 0.900. The molecular weight excluding hydrogens is 431 g/mol. The lowest BCUT2D eigenvalue weighted by Crippen LogP contribution is -2.29. The van der Waals surface area contributed by atoms with Crippen LogP contribution in [0.5, 0.6) is 0 Å². The standard InChI is InChI=1S/C20H39O10P/c1-3-5-7-8-9-10-12-20(24)30-18(15-27-19(23)11-6-4-2)16-29-31(25,26)28-14-17(22)13-21/h17-18,21-22H,3-16H2,1-2H3,(H,25,26). The second-order valence-electron chi connectivity index (χ2n) is 7.31. The van der Waals surface area contributed by atoms with Crippen molar-refractivity contribution in [3.8, 4) is 0 Å². The van der Waals surface area contributed by atoms with Crippen LogP contribution in [0.4, 0.5) is 0 Å². The molecule has 3 atom stereocenters. The summed E-state index contributed by atoms with van der Waals surface area (Å²) in [6, 6.07) is 0. The molecule has 0 aromatic heterocycles. The second kappa shape index (κ2) is 18.5. The van der Waals surface area contributed by atoms with Gasteiger partial charge in [-0.25, -0.2) is 4.57 Å². The zero-order valence-electron chi connectivity index (χ0n) is 18.7. The van der Waals surface area contributed by atoms with Gasteiger partial charge in [-0.1, -0.05) is 52.4 Å². The van der Waals surface area contributed by atoms with Crippen LogP contribution in [0.2, 0.25) is 0 Å². The molecule has 11 heteroatoms. The van der Waals surface area contributed by atoms with Gasteiger partial charge in [-0.2, -0.15) is 0 Å². The van der Waals surface area contributed by atoms with Gasteiger partial charge in [0.1, 0.15) is 12.7 Å². The van der Waals surface area contributed by atoms with Gasteiger partial charge in [0.25, 0.3) is 0 Å². The summed E-state index contributed by atoms with van der Waals surface area (Å²) in [5.41, 5.74) is 0. The predicted octanol–water partition coefficient (Wildman–Crippen LogP) is 2.87. The number of aliphatic hydroxyl groups is 2. The Kier molecular flexibility index (Phi) is 17.9. The first-order valence-electron chi connectivity index (χ1n) is 11.0. The van der Waals surface area contributed by atoms with Gasteiger partial charge in [-0.3, -0.25) is 18.6 Å². The lowest BCUT2D eigenvalue weighted by Gasteiger charge is -2.20. The van der Waals surface area contributed by atoms with E-state index in [9.17, 15) is 24.2 Å². The van der Waals surface area contributed by atoms with Crippen molar-refractivity contribution in [3.05, 3.63) is 0 Å². The molecule has 0 saturated heterocycles. The van der Waals surface area contributed by atoms with E-state index in [1.165, 1.54) is 0 Å². The summed E-state index contributed by atoms with van der Waals surface area (Å²) in [6.07, 6.45) is 5.47. The molecule has 0 aliphatic rings. The largest absolute Gasteiger partial charge is 0.472 e. The lowest BCUT2D eigenvalue weighted by molar-refractivity contribution is -0.161. The number of carbonyl (C=O) groups is 2. The molecular formula is C20H39O10P. The molecule has 0 spiro atoms. The first kappa shape index (κ1) is 30.0. The van der Waals surface area contributed by atoms with Crippen molar-refractivity contribution in [3.63, 3.8) is 0 Å². The van der Waals surface area contributed by atoms with E-state index in [-0.39, 0.29) is 19.4 Å². The van der Waals surface area contributed by atoms with E-state index < -0.39 is 51.8 Å². The van der Waals surface area contributed by atoms with Crippen molar-refractivity contribution < 1.29 is 47.8 Å². The number of unbranched alkanes of at least 4 members (excludes halogenated alkanes) is 6. The van der Waals surface area contributed by atoms with E-state index in [1.54, 1.807) is 0 Å². The number of esters is 2. The molecule has 0 aromatic rings. The molecule has 0 aromatic carbocycles. The van der Waals surface area contributed by atoms with Crippen LogP contribution in [0.25, 0.3) is 0 Å². The quantitative estimate of drug-likeness (QED) is 0.138. The van der Waals surface area contributed by atoms with Gasteiger partial charge in [0.15, 0.2) is 6.10 Å². The molecule has 3 unspecified atom stereocenters. The number of ether oxygens (including phenoxy) is 2. The molecule has 0 fully saturated rings. The third kappa shape index (κ3) is 18.3. The molecule has 0 bridgehead atoms. The zero-order chi connectivity index (χ0) is 23.5. The SMILES string of the molecule is CCCCCCCCC(=O)OC(COC(=O)CCCC)COP(=O)(O)OCC(O)CO. The Morgan fingerprint density at radius 1 is 0.839 bits per heavy atom. The zero-order valence-corrected chi connectivity index (χ0v) is 19.6. The highest BCUT2D eigenvalue weighted by atomic mass is 31.2. The molecule has 10 nitrogen and oxygen atoms in total. The summed E-state index contributed by atoms with van der Waals surface area (Å²) in [5, 5.41) is 17.9. The summed E-state index contributed by atoms with van der Waals surface area (Å²) < 4.78 is 31.6. The van der Waals surface area contributed by atoms with Gasteiger partial charge in [-0.05, 0) is 12.8 Å². The summed E-state index contributed by atoms with van der Waals surface area (Å²) in [5.74, 6) is -0.980. The smallest absolute Gasteiger partial charge is 0.462 e. The molecule has 3 N–H and O–H groups in total. The van der Waals surface area contributed by atoms with Crippen LogP contribution in [-0.4, -0.2) is 65.7 Å². The molecule has 0 radical (unpaired) electrons. The maximum absolute atomic E-state index is 12.1. The van der Waals surface area contributed by atoms with Gasteiger partial charge < -0.3 is 24.6 Å². The molecule has 0 saturated carbocycles. The maximum Gasteiger partial charge on any atom is 0.472 e. The van der Waals surface area contributed by atoms with Gasteiger partial charge in [0, 0.05) is 12.8 Å². The van der Waals surface area contributed by atoms with Crippen molar-refractivity contribution in [1.29, 1.82) is 0 Å². The van der Waals surface area contributed by atoms with E-state index in [2.05, 4.69) is 11.4 Å². The highest BCUT2D eigenvalue weighted by Gasteiger charge is 2.27. The van der Waals surface area contributed by atoms with Crippen LogP contribution in [0, 0.1) is 0 Å². The molecule has 0 aliphatic carbocycles. The molecule has 31 heavy (non-hydrogen) atoms. The van der Waals surface area contributed by atoms with Crippen LogP contribution in [-0.2, 0) is 32.7 Å². The fourth-order valence-electron chi connectivity index (χ4n) is 2.44. The van der Waals surface area contributed by atoms with Gasteiger partial charge in [0.05, 0.1) is 19.8 Å². The Balaban J connectivity index is 4.57. The number of aliphatic hydroxyl groups excluding tert-OH is 2. The normalized spacial score (nSPS) is 15.1. The van der Waals surface area contributed by atoms with Crippen molar-refractivity contribution in [2.45, 2.75) is 90.3 Å². The third-order valence-corrected chi connectivity index (χ3v) is 5.21. The minimum atomic E-state index is -4.56. The van der Waals surface area contributed by atoms with Crippen molar-refractivity contribution in [2.75, 3.05) is 26.4 Å². The molecule has 0 rings (SSSR count). The summed E-state index contributed by atoms with van der Waals surface area (Å²) in [4.78, 5) is 33.5. The van der Waals surface area contributed by atoms with E-state index in [0.717, 1.165) is 38.5 Å². The fourth-order valence-corrected chi connectivity index (χ4v) is 3.23. The minimum Gasteiger partial charge on any atom is -0.462 e. The lowest BCUT2D eigenvalue weighted by atomic mass is 10.1. The van der Waals surface area contributed by atoms with E-state index in [4.69, 9.17) is 19.1 Å². The monoisotopic (exact) mass is 470 g/mol. The number of phosphoric acid groups is 1. The van der Waals surface area contributed by atoms with Gasteiger partial charge >= 0.3 is 19.8 Å². The molecule has 0 aliphatic heterocycles. The summed E-state index contributed by atoms with van der Waals surface area (Å²) in [6.45, 7) is 1.95. The number of carbonyl (C=O) groups excluding carboxylic acids is 2. The third-order valence-electron chi connectivity index (χ3n) is 4.26. The van der Waals surface area contributed by atoms with Crippen LogP contribution < -0.4 is 0 Å². The second-order valence-corrected chi connectivity index (χ2v) is 8.77. The maximum atomic E-state index is 12.1. The van der Waals surface area contributed by atoms with Crippen molar-refractivity contribution in [1.82, 2.24) is 0 Å². The number of hydrogen-bond donors (Lipinski definition) is 3.